The van der Waals surface area contributed by atoms with E-state index in [0.717, 1.165) is 43.4 Å². The Labute approximate surface area is 181 Å². The maximum absolute atomic E-state index is 5.62. The van der Waals surface area contributed by atoms with Crippen LogP contribution < -0.4 is 15.4 Å². The number of ether oxygens (including phenoxy) is 3. The highest BCUT2D eigenvalue weighted by Gasteiger charge is 1.99. The van der Waals surface area contributed by atoms with Crippen LogP contribution in [-0.4, -0.2) is 52.6 Å². The molecule has 0 unspecified atom stereocenters. The summed E-state index contributed by atoms with van der Waals surface area (Å²) in [7, 11) is 1.66. The Morgan fingerprint density at radius 3 is 2.41 bits per heavy atom. The monoisotopic (exact) mass is 493 g/mol. The number of benzene rings is 1. The molecule has 0 saturated carbocycles. The molecule has 0 amide bonds. The third-order valence-corrected chi connectivity index (χ3v) is 3.62. The quantitative estimate of drug-likeness (QED) is 0.191. The van der Waals surface area contributed by atoms with E-state index in [1.807, 2.05) is 24.3 Å². The zero-order valence-corrected chi connectivity index (χ0v) is 19.5. The number of aliphatic imine (C=N–C) groups is 1. The maximum atomic E-state index is 5.62. The molecule has 1 rings (SSSR count). The number of halogens is 1. The Morgan fingerprint density at radius 1 is 1.04 bits per heavy atom. The van der Waals surface area contributed by atoms with Crippen molar-refractivity contribution < 1.29 is 14.2 Å². The topological polar surface area (TPSA) is 64.1 Å². The number of hydrogen-bond acceptors (Lipinski definition) is 4. The van der Waals surface area contributed by atoms with Crippen molar-refractivity contribution in [2.24, 2.45) is 10.9 Å². The lowest BCUT2D eigenvalue weighted by atomic mass is 10.1. The van der Waals surface area contributed by atoms with Gasteiger partial charge in [-0.25, -0.2) is 4.99 Å². The predicted molar refractivity (Wildman–Crippen MR) is 122 cm³/mol. The molecule has 0 atom stereocenters. The van der Waals surface area contributed by atoms with Gasteiger partial charge in [0.2, 0.25) is 0 Å². The Balaban J connectivity index is 0.00000676. The van der Waals surface area contributed by atoms with Crippen molar-refractivity contribution in [3.63, 3.8) is 0 Å². The summed E-state index contributed by atoms with van der Waals surface area (Å²) in [5, 5.41) is 6.55. The van der Waals surface area contributed by atoms with Crippen LogP contribution in [0.2, 0.25) is 0 Å². The minimum absolute atomic E-state index is 0. The van der Waals surface area contributed by atoms with Crippen molar-refractivity contribution in [2.45, 2.75) is 33.7 Å². The normalized spacial score (nSPS) is 11.2. The first-order chi connectivity index (χ1) is 12.7. The average Bonchev–Trinajstić information content (AvgIpc) is 2.63. The number of guanidine groups is 1. The van der Waals surface area contributed by atoms with Crippen LogP contribution in [0.5, 0.6) is 5.75 Å². The summed E-state index contributed by atoms with van der Waals surface area (Å²) < 4.78 is 16.2. The van der Waals surface area contributed by atoms with Crippen LogP contribution in [0.3, 0.4) is 0 Å². The molecule has 156 valence electrons. The van der Waals surface area contributed by atoms with Gasteiger partial charge in [-0.1, -0.05) is 26.0 Å². The lowest BCUT2D eigenvalue weighted by Gasteiger charge is -2.12. The van der Waals surface area contributed by atoms with E-state index in [1.165, 1.54) is 0 Å². The minimum atomic E-state index is 0. The van der Waals surface area contributed by atoms with Crippen molar-refractivity contribution in [3.05, 3.63) is 29.8 Å². The van der Waals surface area contributed by atoms with E-state index in [2.05, 4.69) is 36.4 Å². The molecule has 0 spiro atoms. The first-order valence-corrected chi connectivity index (χ1v) is 9.46. The van der Waals surface area contributed by atoms with Gasteiger partial charge in [0.15, 0.2) is 5.96 Å². The molecule has 0 heterocycles. The van der Waals surface area contributed by atoms with Crippen LogP contribution in [0.15, 0.2) is 29.3 Å². The average molecular weight is 493 g/mol. The second-order valence-electron chi connectivity index (χ2n) is 6.40. The molecule has 1 aromatic rings. The minimum Gasteiger partial charge on any atom is -0.491 e. The summed E-state index contributed by atoms with van der Waals surface area (Å²) in [5.41, 5.74) is 1.13. The van der Waals surface area contributed by atoms with Gasteiger partial charge in [0.1, 0.15) is 12.4 Å². The SMILES string of the molecule is CCNC(=NCc1ccc(OCCOC)cc1)NCCOCCC(C)C.I. The summed E-state index contributed by atoms with van der Waals surface area (Å²) in [6.07, 6.45) is 1.10. The molecular formula is C20H36IN3O3. The standard InChI is InChI=1S/C20H35N3O3.HI/c1-5-21-20(22-11-13-25-12-10-17(2)3)23-16-18-6-8-19(9-7-18)26-15-14-24-4;/h6-9,17H,5,10-16H2,1-4H3,(H2,21,22,23);1H. The van der Waals surface area contributed by atoms with Crippen molar-refractivity contribution >= 4 is 29.9 Å². The first kappa shape index (κ1) is 25.9. The Morgan fingerprint density at radius 2 is 1.78 bits per heavy atom. The Bertz CT molecular complexity index is 496. The summed E-state index contributed by atoms with van der Waals surface area (Å²) >= 11 is 0. The summed E-state index contributed by atoms with van der Waals surface area (Å²) in [6, 6.07) is 7.99. The highest BCUT2D eigenvalue weighted by atomic mass is 127. The highest BCUT2D eigenvalue weighted by Crippen LogP contribution is 2.12. The van der Waals surface area contributed by atoms with Gasteiger partial charge in [-0.05, 0) is 37.0 Å². The molecule has 0 radical (unpaired) electrons. The van der Waals surface area contributed by atoms with E-state index in [4.69, 9.17) is 14.2 Å². The fourth-order valence-electron chi connectivity index (χ4n) is 2.11. The molecule has 0 bridgehead atoms. The fourth-order valence-corrected chi connectivity index (χ4v) is 2.11. The van der Waals surface area contributed by atoms with Gasteiger partial charge in [-0.15, -0.1) is 24.0 Å². The third kappa shape index (κ3) is 13.7. The summed E-state index contributed by atoms with van der Waals surface area (Å²) in [6.45, 7) is 11.3. The second kappa shape index (κ2) is 17.1. The molecule has 1 aromatic carbocycles. The largest absolute Gasteiger partial charge is 0.491 e. The van der Waals surface area contributed by atoms with Crippen LogP contribution in [0.25, 0.3) is 0 Å². The van der Waals surface area contributed by atoms with Gasteiger partial charge in [0.05, 0.1) is 19.8 Å². The molecule has 6 nitrogen and oxygen atoms in total. The molecule has 0 aliphatic carbocycles. The fraction of sp³-hybridized carbons (Fsp3) is 0.650. The predicted octanol–water partition coefficient (Wildman–Crippen LogP) is 3.45. The van der Waals surface area contributed by atoms with E-state index in [9.17, 15) is 0 Å². The zero-order chi connectivity index (χ0) is 19.0. The lowest BCUT2D eigenvalue weighted by molar-refractivity contribution is 0.128. The van der Waals surface area contributed by atoms with Crippen LogP contribution in [-0.2, 0) is 16.0 Å². The molecule has 7 heteroatoms. The van der Waals surface area contributed by atoms with Crippen LogP contribution in [0.4, 0.5) is 0 Å². The van der Waals surface area contributed by atoms with Crippen LogP contribution in [0.1, 0.15) is 32.8 Å². The third-order valence-electron chi connectivity index (χ3n) is 3.62. The number of nitrogens with zero attached hydrogens (tertiary/aromatic N) is 1. The molecule has 0 saturated heterocycles. The molecule has 0 aliphatic heterocycles. The number of rotatable bonds is 13. The van der Waals surface area contributed by atoms with Gasteiger partial charge in [-0.3, -0.25) is 0 Å². The zero-order valence-electron chi connectivity index (χ0n) is 17.1. The van der Waals surface area contributed by atoms with Crippen LogP contribution in [0, 0.1) is 5.92 Å². The van der Waals surface area contributed by atoms with Crippen molar-refractivity contribution in [3.8, 4) is 5.75 Å². The van der Waals surface area contributed by atoms with Crippen molar-refractivity contribution in [1.82, 2.24) is 10.6 Å². The number of methoxy groups -OCH3 is 1. The lowest BCUT2D eigenvalue weighted by Crippen LogP contribution is -2.39. The number of nitrogens with one attached hydrogen (secondary N) is 2. The van der Waals surface area contributed by atoms with E-state index in [0.29, 0.717) is 32.3 Å². The second-order valence-corrected chi connectivity index (χ2v) is 6.40. The smallest absolute Gasteiger partial charge is 0.191 e. The van der Waals surface area contributed by atoms with E-state index in [1.54, 1.807) is 7.11 Å². The maximum Gasteiger partial charge on any atom is 0.191 e. The van der Waals surface area contributed by atoms with E-state index >= 15 is 0 Å². The molecular weight excluding hydrogens is 457 g/mol. The molecule has 2 N–H and O–H groups in total. The van der Waals surface area contributed by atoms with Gasteiger partial charge in [0, 0.05) is 26.8 Å². The summed E-state index contributed by atoms with van der Waals surface area (Å²) in [4.78, 5) is 4.61. The van der Waals surface area contributed by atoms with Crippen LogP contribution >= 0.6 is 24.0 Å². The Hall–Kier alpha value is -1.06. The molecule has 0 aliphatic rings. The molecule has 0 aromatic heterocycles. The molecule has 0 fully saturated rings. The molecule has 27 heavy (non-hydrogen) atoms. The first-order valence-electron chi connectivity index (χ1n) is 9.46. The van der Waals surface area contributed by atoms with Crippen molar-refractivity contribution in [2.75, 3.05) is 46.6 Å². The van der Waals surface area contributed by atoms with Gasteiger partial charge in [-0.2, -0.15) is 0 Å². The summed E-state index contributed by atoms with van der Waals surface area (Å²) in [5.74, 6) is 2.33. The highest BCUT2D eigenvalue weighted by molar-refractivity contribution is 14.0. The number of hydrogen-bond donors (Lipinski definition) is 2. The van der Waals surface area contributed by atoms with E-state index < -0.39 is 0 Å². The van der Waals surface area contributed by atoms with Gasteiger partial charge >= 0.3 is 0 Å². The van der Waals surface area contributed by atoms with Gasteiger partial charge in [0.25, 0.3) is 0 Å². The van der Waals surface area contributed by atoms with E-state index in [-0.39, 0.29) is 24.0 Å². The van der Waals surface area contributed by atoms with Gasteiger partial charge < -0.3 is 24.8 Å². The Kier molecular flexibility index (Phi) is 16.4. The van der Waals surface area contributed by atoms with Crippen molar-refractivity contribution in [1.29, 1.82) is 0 Å².